The summed E-state index contributed by atoms with van der Waals surface area (Å²) in [5, 5.41) is 31.6. The monoisotopic (exact) mass is 426 g/mol. The highest BCUT2D eigenvalue weighted by molar-refractivity contribution is 8.18. The van der Waals surface area contributed by atoms with Gasteiger partial charge < -0.3 is 14.9 Å². The van der Waals surface area contributed by atoms with E-state index in [1.54, 1.807) is 19.1 Å². The molecule has 2 aromatic rings. The number of ether oxygens (including phenoxy) is 1. The van der Waals surface area contributed by atoms with Crippen molar-refractivity contribution in [1.82, 2.24) is 0 Å². The molecule has 0 radical (unpaired) electrons. The number of phenols is 1. The van der Waals surface area contributed by atoms with Crippen molar-refractivity contribution in [2.75, 3.05) is 6.61 Å². The number of hydrogen-bond donors (Lipinski definition) is 2. The van der Waals surface area contributed by atoms with Crippen LogP contribution in [-0.4, -0.2) is 32.8 Å². The van der Waals surface area contributed by atoms with Crippen molar-refractivity contribution >= 4 is 40.2 Å². The zero-order valence-corrected chi connectivity index (χ0v) is 17.0. The van der Waals surface area contributed by atoms with Gasteiger partial charge in [0.15, 0.2) is 5.75 Å². The van der Waals surface area contributed by atoms with E-state index < -0.39 is 22.3 Å². The maximum absolute atomic E-state index is 12.4. The second-order valence-electron chi connectivity index (χ2n) is 6.31. The van der Waals surface area contributed by atoms with Gasteiger partial charge in [0.25, 0.3) is 0 Å². The standard InChI is InChI=1S/C21H18N2O6S/c1-3-29-21(26)18-19(25)17(11-13-6-9-15(23(27)28)16(24)10-13)30-20(18)22-14-7-4-12(2)5-8-14/h4-11,24-25H,3H2,1-2H3. The Morgan fingerprint density at radius 1 is 1.23 bits per heavy atom. The van der Waals surface area contributed by atoms with Crippen molar-refractivity contribution in [1.29, 1.82) is 0 Å². The van der Waals surface area contributed by atoms with Gasteiger partial charge in [0.05, 0.1) is 22.1 Å². The number of rotatable bonds is 5. The van der Waals surface area contributed by atoms with Crippen LogP contribution in [0.25, 0.3) is 6.08 Å². The summed E-state index contributed by atoms with van der Waals surface area (Å²) in [6, 6.07) is 11.1. The topological polar surface area (TPSA) is 122 Å². The van der Waals surface area contributed by atoms with Crippen molar-refractivity contribution in [3.63, 3.8) is 0 Å². The summed E-state index contributed by atoms with van der Waals surface area (Å²) in [7, 11) is 0. The van der Waals surface area contributed by atoms with Crippen molar-refractivity contribution < 1.29 is 24.7 Å². The number of hydrogen-bond acceptors (Lipinski definition) is 8. The number of aliphatic hydroxyl groups excluding tert-OH is 1. The Balaban J connectivity index is 2.03. The van der Waals surface area contributed by atoms with Gasteiger partial charge in [0.2, 0.25) is 0 Å². The summed E-state index contributed by atoms with van der Waals surface area (Å²) in [6.45, 7) is 3.73. The molecule has 0 unspecified atom stereocenters. The minimum Gasteiger partial charge on any atom is -0.506 e. The van der Waals surface area contributed by atoms with E-state index >= 15 is 0 Å². The number of thioether (sulfide) groups is 1. The number of aliphatic imine (C=N–C) groups is 1. The van der Waals surface area contributed by atoms with Crippen LogP contribution in [0.1, 0.15) is 18.1 Å². The van der Waals surface area contributed by atoms with Crippen molar-refractivity contribution in [3.8, 4) is 5.75 Å². The molecule has 3 rings (SSSR count). The Hall–Kier alpha value is -3.59. The van der Waals surface area contributed by atoms with E-state index in [9.17, 15) is 25.1 Å². The third-order valence-corrected chi connectivity index (χ3v) is 5.15. The number of aryl methyl sites for hydroxylation is 1. The number of nitro benzene ring substituents is 1. The maximum Gasteiger partial charge on any atom is 0.344 e. The number of phenolic OH excluding ortho intramolecular Hbond substituents is 1. The molecule has 1 aliphatic heterocycles. The largest absolute Gasteiger partial charge is 0.506 e. The number of aromatic hydroxyl groups is 1. The number of aliphatic hydroxyl groups is 1. The van der Waals surface area contributed by atoms with Crippen LogP contribution in [0.3, 0.4) is 0 Å². The summed E-state index contributed by atoms with van der Waals surface area (Å²) in [5.74, 6) is -1.51. The molecule has 1 aliphatic rings. The maximum atomic E-state index is 12.4. The molecule has 0 aromatic heterocycles. The first kappa shape index (κ1) is 21.1. The number of benzene rings is 2. The molecule has 0 saturated carbocycles. The molecule has 2 aromatic carbocycles. The Kier molecular flexibility index (Phi) is 6.22. The van der Waals surface area contributed by atoms with Gasteiger partial charge >= 0.3 is 11.7 Å². The Bertz CT molecular complexity index is 1100. The van der Waals surface area contributed by atoms with Crippen LogP contribution >= 0.6 is 11.8 Å². The molecule has 0 bridgehead atoms. The normalized spacial score (nSPS) is 16.3. The lowest BCUT2D eigenvalue weighted by molar-refractivity contribution is -0.385. The molecule has 1 heterocycles. The van der Waals surface area contributed by atoms with E-state index in [0.717, 1.165) is 23.4 Å². The molecule has 2 N–H and O–H groups in total. The van der Waals surface area contributed by atoms with E-state index in [1.165, 1.54) is 18.2 Å². The van der Waals surface area contributed by atoms with Gasteiger partial charge in [-0.15, -0.1) is 0 Å². The van der Waals surface area contributed by atoms with Crippen LogP contribution < -0.4 is 0 Å². The minimum absolute atomic E-state index is 0.0557. The fraction of sp³-hybridized carbons (Fsp3) is 0.143. The van der Waals surface area contributed by atoms with Crippen LogP contribution in [0.4, 0.5) is 11.4 Å². The number of esters is 1. The summed E-state index contributed by atoms with van der Waals surface area (Å²) in [6.07, 6.45) is 1.50. The van der Waals surface area contributed by atoms with Crippen LogP contribution in [0.2, 0.25) is 0 Å². The lowest BCUT2D eigenvalue weighted by Crippen LogP contribution is -2.12. The Morgan fingerprint density at radius 2 is 1.93 bits per heavy atom. The number of nitrogens with zero attached hydrogens (tertiary/aromatic N) is 2. The van der Waals surface area contributed by atoms with Gasteiger partial charge in [-0.25, -0.2) is 9.79 Å². The van der Waals surface area contributed by atoms with Gasteiger partial charge in [-0.3, -0.25) is 10.1 Å². The zero-order valence-electron chi connectivity index (χ0n) is 16.2. The van der Waals surface area contributed by atoms with Crippen LogP contribution in [0.5, 0.6) is 5.75 Å². The van der Waals surface area contributed by atoms with E-state index in [1.807, 2.05) is 19.1 Å². The predicted molar refractivity (Wildman–Crippen MR) is 115 cm³/mol. The summed E-state index contributed by atoms with van der Waals surface area (Å²) >= 11 is 1.06. The molecular formula is C21H18N2O6S. The molecular weight excluding hydrogens is 408 g/mol. The van der Waals surface area contributed by atoms with Gasteiger partial charge in [0.1, 0.15) is 16.4 Å². The molecule has 8 nitrogen and oxygen atoms in total. The van der Waals surface area contributed by atoms with E-state index in [-0.39, 0.29) is 23.0 Å². The number of carbonyl (C=O) groups is 1. The van der Waals surface area contributed by atoms with Gasteiger partial charge in [-0.1, -0.05) is 29.5 Å². The minimum atomic E-state index is -0.705. The average molecular weight is 426 g/mol. The smallest absolute Gasteiger partial charge is 0.344 e. The quantitative estimate of drug-likeness (QED) is 0.400. The first-order valence-corrected chi connectivity index (χ1v) is 9.75. The van der Waals surface area contributed by atoms with Crippen LogP contribution in [0, 0.1) is 17.0 Å². The highest BCUT2D eigenvalue weighted by Gasteiger charge is 2.33. The lowest BCUT2D eigenvalue weighted by Gasteiger charge is -2.04. The Labute approximate surface area is 176 Å². The van der Waals surface area contributed by atoms with E-state index in [0.29, 0.717) is 16.2 Å². The van der Waals surface area contributed by atoms with E-state index in [4.69, 9.17) is 4.74 Å². The van der Waals surface area contributed by atoms with Crippen molar-refractivity contribution in [2.24, 2.45) is 4.99 Å². The highest BCUT2D eigenvalue weighted by Crippen LogP contribution is 2.40. The molecule has 154 valence electrons. The summed E-state index contributed by atoms with van der Waals surface area (Å²) < 4.78 is 5.05. The second-order valence-corrected chi connectivity index (χ2v) is 7.34. The summed E-state index contributed by atoms with van der Waals surface area (Å²) in [5.41, 5.74) is 1.59. The third kappa shape index (κ3) is 4.52. The fourth-order valence-corrected chi connectivity index (χ4v) is 3.70. The predicted octanol–water partition coefficient (Wildman–Crippen LogP) is 4.80. The number of nitro groups is 1. The Morgan fingerprint density at radius 3 is 2.53 bits per heavy atom. The highest BCUT2D eigenvalue weighted by atomic mass is 32.2. The SMILES string of the molecule is CCOC(=O)C1=C(O)C(=Cc2ccc([N+](=O)[O-])c(O)c2)SC1=Nc1ccc(C)cc1. The molecule has 0 fully saturated rings. The van der Waals surface area contributed by atoms with Crippen LogP contribution in [0.15, 0.2) is 63.7 Å². The lowest BCUT2D eigenvalue weighted by atomic mass is 10.1. The van der Waals surface area contributed by atoms with Gasteiger partial charge in [0, 0.05) is 6.07 Å². The summed E-state index contributed by atoms with van der Waals surface area (Å²) in [4.78, 5) is 27.3. The van der Waals surface area contributed by atoms with Gasteiger partial charge in [-0.05, 0) is 49.8 Å². The molecule has 30 heavy (non-hydrogen) atoms. The molecule has 0 atom stereocenters. The number of carbonyl (C=O) groups excluding carboxylic acids is 1. The molecule has 0 amide bonds. The first-order valence-electron chi connectivity index (χ1n) is 8.93. The van der Waals surface area contributed by atoms with Crippen molar-refractivity contribution in [2.45, 2.75) is 13.8 Å². The molecule has 0 saturated heterocycles. The third-order valence-electron chi connectivity index (χ3n) is 4.13. The molecule has 0 spiro atoms. The van der Waals surface area contributed by atoms with Gasteiger partial charge in [-0.2, -0.15) is 0 Å². The zero-order chi connectivity index (χ0) is 21.8. The van der Waals surface area contributed by atoms with E-state index in [2.05, 4.69) is 4.99 Å². The molecule has 0 aliphatic carbocycles. The van der Waals surface area contributed by atoms with Crippen molar-refractivity contribution in [3.05, 3.63) is 79.9 Å². The second kappa shape index (κ2) is 8.83. The first-order chi connectivity index (χ1) is 14.3. The molecule has 9 heteroatoms. The average Bonchev–Trinajstić information content (AvgIpc) is 2.98. The fourth-order valence-electron chi connectivity index (χ4n) is 2.66. The van der Waals surface area contributed by atoms with Crippen LogP contribution in [-0.2, 0) is 9.53 Å².